The SMILES string of the molecule is O=C(O)c1ccc(COc2ccc(C=Nn3c(C4CCCCC4)nc4ccccc4c3=O)cc2Cl)cc1. The van der Waals surface area contributed by atoms with E-state index in [1.54, 1.807) is 36.5 Å². The van der Waals surface area contributed by atoms with Gasteiger partial charge in [0.1, 0.15) is 18.2 Å². The first-order valence-electron chi connectivity index (χ1n) is 12.3. The highest BCUT2D eigenvalue weighted by atomic mass is 35.5. The maximum atomic E-state index is 13.3. The van der Waals surface area contributed by atoms with E-state index < -0.39 is 5.97 Å². The predicted octanol–water partition coefficient (Wildman–Crippen LogP) is 6.26. The highest BCUT2D eigenvalue weighted by Gasteiger charge is 2.22. The van der Waals surface area contributed by atoms with Crippen molar-refractivity contribution in [3.8, 4) is 5.75 Å². The van der Waals surface area contributed by atoms with E-state index in [0.717, 1.165) is 36.8 Å². The summed E-state index contributed by atoms with van der Waals surface area (Å²) in [5.41, 5.74) is 2.28. The summed E-state index contributed by atoms with van der Waals surface area (Å²) in [5, 5.41) is 14.5. The second-order valence-corrected chi connectivity index (χ2v) is 9.57. The van der Waals surface area contributed by atoms with Crippen molar-refractivity contribution in [2.45, 2.75) is 44.6 Å². The van der Waals surface area contributed by atoms with E-state index in [2.05, 4.69) is 5.10 Å². The van der Waals surface area contributed by atoms with E-state index in [0.29, 0.717) is 27.5 Å². The Labute approximate surface area is 219 Å². The van der Waals surface area contributed by atoms with Gasteiger partial charge in [0.15, 0.2) is 0 Å². The number of ether oxygens (including phenoxy) is 1. The minimum absolute atomic E-state index is 0.178. The average molecular weight is 516 g/mol. The second kappa shape index (κ2) is 11.0. The molecule has 37 heavy (non-hydrogen) atoms. The van der Waals surface area contributed by atoms with Crippen molar-refractivity contribution in [1.82, 2.24) is 9.66 Å². The van der Waals surface area contributed by atoms with Crippen LogP contribution in [0, 0.1) is 0 Å². The van der Waals surface area contributed by atoms with Gasteiger partial charge in [0.2, 0.25) is 0 Å². The molecule has 1 saturated carbocycles. The van der Waals surface area contributed by atoms with E-state index in [1.165, 1.54) is 23.2 Å². The van der Waals surface area contributed by atoms with E-state index in [9.17, 15) is 9.59 Å². The molecule has 1 N–H and O–H groups in total. The van der Waals surface area contributed by atoms with Gasteiger partial charge in [-0.05, 0) is 66.4 Å². The van der Waals surface area contributed by atoms with Gasteiger partial charge in [-0.1, -0.05) is 55.1 Å². The standard InChI is InChI=1S/C29H26ClN3O4/c30-24-16-20(12-15-26(24)37-18-19-10-13-22(14-11-19)29(35)36)17-31-33-27(21-6-2-1-3-7-21)32-25-9-5-4-8-23(25)28(33)34/h4-5,8-17,21H,1-3,6-7,18H2,(H,35,36). The number of fused-ring (bicyclic) bond motifs is 1. The van der Waals surface area contributed by atoms with Crippen LogP contribution in [0.25, 0.3) is 10.9 Å². The minimum Gasteiger partial charge on any atom is -0.487 e. The Morgan fingerprint density at radius 1 is 1.08 bits per heavy atom. The maximum Gasteiger partial charge on any atom is 0.335 e. The molecule has 0 atom stereocenters. The fourth-order valence-electron chi connectivity index (χ4n) is 4.62. The molecule has 1 aliphatic rings. The maximum absolute atomic E-state index is 13.3. The number of hydrogen-bond acceptors (Lipinski definition) is 5. The summed E-state index contributed by atoms with van der Waals surface area (Å²) in [6.07, 6.45) is 7.06. The van der Waals surface area contributed by atoms with Crippen LogP contribution in [0.2, 0.25) is 5.02 Å². The first-order valence-corrected chi connectivity index (χ1v) is 12.7. The lowest BCUT2D eigenvalue weighted by Gasteiger charge is -2.22. The lowest BCUT2D eigenvalue weighted by molar-refractivity contribution is 0.0697. The second-order valence-electron chi connectivity index (χ2n) is 9.16. The van der Waals surface area contributed by atoms with Gasteiger partial charge < -0.3 is 9.84 Å². The molecule has 7 nitrogen and oxygen atoms in total. The molecule has 1 aliphatic carbocycles. The van der Waals surface area contributed by atoms with E-state index >= 15 is 0 Å². The molecule has 0 unspecified atom stereocenters. The van der Waals surface area contributed by atoms with Crippen molar-refractivity contribution < 1.29 is 14.6 Å². The largest absolute Gasteiger partial charge is 0.487 e. The molecule has 0 aliphatic heterocycles. The van der Waals surface area contributed by atoms with E-state index in [-0.39, 0.29) is 23.6 Å². The van der Waals surface area contributed by atoms with Crippen LogP contribution in [0.3, 0.4) is 0 Å². The lowest BCUT2D eigenvalue weighted by Crippen LogP contribution is -2.25. The molecule has 4 aromatic rings. The Kier molecular flexibility index (Phi) is 7.32. The van der Waals surface area contributed by atoms with Crippen LogP contribution in [0.15, 0.2) is 76.6 Å². The highest BCUT2D eigenvalue weighted by Crippen LogP contribution is 2.32. The van der Waals surface area contributed by atoms with Crippen LogP contribution in [0.1, 0.15) is 65.3 Å². The van der Waals surface area contributed by atoms with Crippen molar-refractivity contribution in [3.05, 3.63) is 105 Å². The topological polar surface area (TPSA) is 93.8 Å². The molecule has 1 aromatic heterocycles. The van der Waals surface area contributed by atoms with Crippen LogP contribution in [-0.4, -0.2) is 27.0 Å². The Bertz CT molecular complexity index is 1520. The third-order valence-electron chi connectivity index (χ3n) is 6.62. The van der Waals surface area contributed by atoms with Gasteiger partial charge in [0.05, 0.1) is 27.7 Å². The van der Waals surface area contributed by atoms with Crippen LogP contribution >= 0.6 is 11.6 Å². The summed E-state index contributed by atoms with van der Waals surface area (Å²) in [4.78, 5) is 29.2. The van der Waals surface area contributed by atoms with Crippen molar-refractivity contribution >= 4 is 34.7 Å². The van der Waals surface area contributed by atoms with Gasteiger partial charge in [-0.2, -0.15) is 9.78 Å². The van der Waals surface area contributed by atoms with Crippen molar-refractivity contribution in [1.29, 1.82) is 0 Å². The van der Waals surface area contributed by atoms with Crippen LogP contribution in [-0.2, 0) is 6.61 Å². The van der Waals surface area contributed by atoms with Crippen LogP contribution in [0.4, 0.5) is 0 Å². The number of hydrogen-bond donors (Lipinski definition) is 1. The third-order valence-corrected chi connectivity index (χ3v) is 6.92. The number of para-hydroxylation sites is 1. The zero-order valence-electron chi connectivity index (χ0n) is 20.1. The fraction of sp³-hybridized carbons (Fsp3) is 0.241. The number of nitrogens with zero attached hydrogens (tertiary/aromatic N) is 3. The van der Waals surface area contributed by atoms with Gasteiger partial charge in [0, 0.05) is 5.92 Å². The molecular weight excluding hydrogens is 490 g/mol. The molecule has 3 aromatic carbocycles. The summed E-state index contributed by atoms with van der Waals surface area (Å²) in [5.74, 6) is 0.431. The zero-order valence-corrected chi connectivity index (χ0v) is 20.9. The zero-order chi connectivity index (χ0) is 25.8. The number of halogens is 1. The summed E-state index contributed by atoms with van der Waals surface area (Å²) in [6.45, 7) is 0.246. The Morgan fingerprint density at radius 2 is 1.84 bits per heavy atom. The molecule has 1 heterocycles. The molecule has 0 saturated heterocycles. The van der Waals surface area contributed by atoms with Gasteiger partial charge in [-0.3, -0.25) is 4.79 Å². The molecule has 8 heteroatoms. The molecule has 0 radical (unpaired) electrons. The number of aromatic carboxylic acids is 1. The quantitative estimate of drug-likeness (QED) is 0.293. The van der Waals surface area contributed by atoms with Crippen LogP contribution in [0.5, 0.6) is 5.75 Å². The van der Waals surface area contributed by atoms with Gasteiger partial charge in [0.25, 0.3) is 5.56 Å². The number of carboxylic acid groups (broad SMARTS) is 1. The molecule has 0 amide bonds. The van der Waals surface area contributed by atoms with Gasteiger partial charge in [-0.25, -0.2) is 9.78 Å². The number of benzene rings is 3. The number of carboxylic acids is 1. The number of aromatic nitrogens is 2. The van der Waals surface area contributed by atoms with Crippen molar-refractivity contribution in [2.24, 2.45) is 5.10 Å². The van der Waals surface area contributed by atoms with Crippen molar-refractivity contribution in [3.63, 3.8) is 0 Å². The Morgan fingerprint density at radius 3 is 2.57 bits per heavy atom. The van der Waals surface area contributed by atoms with E-state index in [4.69, 9.17) is 26.4 Å². The first kappa shape index (κ1) is 24.7. The normalized spacial score (nSPS) is 14.3. The smallest absolute Gasteiger partial charge is 0.335 e. The summed E-state index contributed by atoms with van der Waals surface area (Å²) in [7, 11) is 0. The Balaban J connectivity index is 1.38. The fourth-order valence-corrected chi connectivity index (χ4v) is 4.86. The minimum atomic E-state index is -0.972. The van der Waals surface area contributed by atoms with Gasteiger partial charge in [-0.15, -0.1) is 0 Å². The predicted molar refractivity (Wildman–Crippen MR) is 144 cm³/mol. The van der Waals surface area contributed by atoms with Crippen molar-refractivity contribution in [2.75, 3.05) is 0 Å². The molecule has 0 spiro atoms. The van der Waals surface area contributed by atoms with Crippen LogP contribution < -0.4 is 10.3 Å². The van der Waals surface area contributed by atoms with E-state index in [1.807, 2.05) is 24.3 Å². The molecular formula is C29H26ClN3O4. The van der Waals surface area contributed by atoms with Gasteiger partial charge >= 0.3 is 5.97 Å². The Hall–Kier alpha value is -3.97. The monoisotopic (exact) mass is 515 g/mol. The number of rotatable bonds is 7. The summed E-state index contributed by atoms with van der Waals surface area (Å²) >= 11 is 6.46. The molecule has 188 valence electrons. The first-order chi connectivity index (χ1) is 18.0. The average Bonchev–Trinajstić information content (AvgIpc) is 2.92. The number of carbonyl (C=O) groups is 1. The molecule has 0 bridgehead atoms. The molecule has 1 fully saturated rings. The summed E-state index contributed by atoms with van der Waals surface area (Å²) < 4.78 is 7.26. The third kappa shape index (κ3) is 5.57. The lowest BCUT2D eigenvalue weighted by atomic mass is 9.88. The molecule has 5 rings (SSSR count). The summed E-state index contributed by atoms with van der Waals surface area (Å²) in [6, 6.07) is 19.2. The highest BCUT2D eigenvalue weighted by molar-refractivity contribution is 6.32.